The Morgan fingerprint density at radius 1 is 0.938 bits per heavy atom. The van der Waals surface area contributed by atoms with Crippen LogP contribution in [0.1, 0.15) is 35.3 Å². The van der Waals surface area contributed by atoms with Crippen LogP contribution in [0.4, 0.5) is 5.69 Å². The Balaban J connectivity index is 1.68. The van der Waals surface area contributed by atoms with Crippen molar-refractivity contribution >= 4 is 11.6 Å². The minimum absolute atomic E-state index is 0.0446. The standard InChI is InChI=1S/C26H26N4O2/c1-17(2)32-26-28-24(20-12-8-18(3)9-13-20)30(29-26)23-7-5-6-22(16-23)27-25(31)21-14-10-19(4)11-15-21/h5-17H,1-4H3,(H,27,31). The van der Waals surface area contributed by atoms with Crippen LogP contribution in [0.3, 0.4) is 0 Å². The number of benzene rings is 3. The number of carbonyl (C=O) groups is 1. The first kappa shape index (κ1) is 21.3. The number of ether oxygens (including phenoxy) is 1. The molecule has 0 bridgehead atoms. The molecule has 162 valence electrons. The molecule has 0 radical (unpaired) electrons. The number of carbonyl (C=O) groups excluding carboxylic acids is 1. The SMILES string of the molecule is Cc1ccc(C(=O)Nc2cccc(-n3nc(OC(C)C)nc3-c3ccc(C)cc3)c2)cc1. The van der Waals surface area contributed by atoms with Gasteiger partial charge in [0.1, 0.15) is 0 Å². The third-order valence-corrected chi connectivity index (χ3v) is 4.90. The number of nitrogens with one attached hydrogen (secondary N) is 1. The van der Waals surface area contributed by atoms with E-state index in [-0.39, 0.29) is 12.0 Å². The summed E-state index contributed by atoms with van der Waals surface area (Å²) in [6.07, 6.45) is -0.0446. The Hall–Kier alpha value is -3.93. The predicted octanol–water partition coefficient (Wildman–Crippen LogP) is 5.59. The summed E-state index contributed by atoms with van der Waals surface area (Å²) in [6.45, 7) is 7.91. The van der Waals surface area contributed by atoms with Gasteiger partial charge in [-0.15, -0.1) is 5.10 Å². The van der Waals surface area contributed by atoms with Crippen LogP contribution in [0, 0.1) is 13.8 Å². The lowest BCUT2D eigenvalue weighted by Gasteiger charge is -2.10. The normalized spacial score (nSPS) is 10.9. The Morgan fingerprint density at radius 3 is 2.25 bits per heavy atom. The van der Waals surface area contributed by atoms with Crippen molar-refractivity contribution in [2.45, 2.75) is 33.8 Å². The third kappa shape index (κ3) is 4.86. The summed E-state index contributed by atoms with van der Waals surface area (Å²) in [7, 11) is 0. The van der Waals surface area contributed by atoms with Gasteiger partial charge in [-0.3, -0.25) is 4.79 Å². The van der Waals surface area contributed by atoms with E-state index in [9.17, 15) is 4.79 Å². The zero-order valence-corrected chi connectivity index (χ0v) is 18.7. The summed E-state index contributed by atoms with van der Waals surface area (Å²) in [5.74, 6) is 0.506. The van der Waals surface area contributed by atoms with Gasteiger partial charge in [0.15, 0.2) is 5.82 Å². The number of hydrogen-bond donors (Lipinski definition) is 1. The first-order valence-corrected chi connectivity index (χ1v) is 10.6. The van der Waals surface area contributed by atoms with Gasteiger partial charge < -0.3 is 10.1 Å². The van der Waals surface area contributed by atoms with E-state index in [0.29, 0.717) is 23.1 Å². The van der Waals surface area contributed by atoms with Crippen molar-refractivity contribution in [2.75, 3.05) is 5.32 Å². The fourth-order valence-electron chi connectivity index (χ4n) is 3.25. The smallest absolute Gasteiger partial charge is 0.336 e. The Bertz CT molecular complexity index is 1230. The molecule has 0 aliphatic carbocycles. The highest BCUT2D eigenvalue weighted by Crippen LogP contribution is 2.26. The fourth-order valence-corrected chi connectivity index (χ4v) is 3.25. The molecular formula is C26H26N4O2. The van der Waals surface area contributed by atoms with Crippen molar-refractivity contribution in [3.05, 3.63) is 89.5 Å². The van der Waals surface area contributed by atoms with Crippen molar-refractivity contribution in [2.24, 2.45) is 0 Å². The molecule has 1 heterocycles. The van der Waals surface area contributed by atoms with E-state index in [1.165, 1.54) is 5.56 Å². The van der Waals surface area contributed by atoms with E-state index in [4.69, 9.17) is 4.74 Å². The lowest BCUT2D eigenvalue weighted by molar-refractivity contribution is 0.102. The molecule has 0 atom stereocenters. The molecule has 4 aromatic rings. The zero-order chi connectivity index (χ0) is 22.7. The van der Waals surface area contributed by atoms with Crippen molar-refractivity contribution in [1.82, 2.24) is 14.8 Å². The highest BCUT2D eigenvalue weighted by Gasteiger charge is 2.16. The number of anilines is 1. The van der Waals surface area contributed by atoms with Gasteiger partial charge in [0.05, 0.1) is 11.8 Å². The van der Waals surface area contributed by atoms with Gasteiger partial charge in [-0.05, 0) is 58.0 Å². The average molecular weight is 427 g/mol. The molecule has 0 unspecified atom stereocenters. The fraction of sp³-hybridized carbons (Fsp3) is 0.192. The largest absolute Gasteiger partial charge is 0.460 e. The van der Waals surface area contributed by atoms with Crippen molar-refractivity contribution in [1.29, 1.82) is 0 Å². The first-order chi connectivity index (χ1) is 15.4. The van der Waals surface area contributed by atoms with E-state index in [1.54, 1.807) is 4.68 Å². The molecule has 0 aliphatic heterocycles. The summed E-state index contributed by atoms with van der Waals surface area (Å²) in [4.78, 5) is 17.3. The number of rotatable bonds is 6. The molecule has 1 N–H and O–H groups in total. The molecule has 0 saturated carbocycles. The van der Waals surface area contributed by atoms with Gasteiger partial charge in [-0.2, -0.15) is 4.98 Å². The highest BCUT2D eigenvalue weighted by atomic mass is 16.5. The monoisotopic (exact) mass is 426 g/mol. The Labute approximate surface area is 187 Å². The van der Waals surface area contributed by atoms with Crippen LogP contribution in [0.25, 0.3) is 17.1 Å². The maximum atomic E-state index is 12.7. The molecule has 32 heavy (non-hydrogen) atoms. The van der Waals surface area contributed by atoms with E-state index in [0.717, 1.165) is 16.8 Å². The van der Waals surface area contributed by atoms with Gasteiger partial charge in [-0.1, -0.05) is 53.6 Å². The van der Waals surface area contributed by atoms with Crippen LogP contribution >= 0.6 is 0 Å². The first-order valence-electron chi connectivity index (χ1n) is 10.6. The van der Waals surface area contributed by atoms with Crippen LogP contribution in [-0.2, 0) is 0 Å². The van der Waals surface area contributed by atoms with Gasteiger partial charge in [0, 0.05) is 16.8 Å². The zero-order valence-electron chi connectivity index (χ0n) is 18.7. The summed E-state index contributed by atoms with van der Waals surface area (Å²) in [5.41, 5.74) is 5.25. The minimum atomic E-state index is -0.164. The molecule has 0 aliphatic rings. The van der Waals surface area contributed by atoms with Crippen LogP contribution in [-0.4, -0.2) is 26.8 Å². The van der Waals surface area contributed by atoms with Crippen LogP contribution in [0.5, 0.6) is 6.01 Å². The van der Waals surface area contributed by atoms with Crippen molar-refractivity contribution < 1.29 is 9.53 Å². The summed E-state index contributed by atoms with van der Waals surface area (Å²) in [5, 5.41) is 7.54. The van der Waals surface area contributed by atoms with E-state index in [1.807, 2.05) is 100 Å². The second kappa shape index (κ2) is 9.06. The molecule has 0 saturated heterocycles. The number of aromatic nitrogens is 3. The van der Waals surface area contributed by atoms with Gasteiger partial charge in [0.25, 0.3) is 5.91 Å². The van der Waals surface area contributed by atoms with Gasteiger partial charge in [0.2, 0.25) is 0 Å². The number of hydrogen-bond acceptors (Lipinski definition) is 4. The molecule has 4 rings (SSSR count). The molecular weight excluding hydrogens is 400 g/mol. The summed E-state index contributed by atoms with van der Waals surface area (Å²) < 4.78 is 7.49. The number of nitrogens with zero attached hydrogens (tertiary/aromatic N) is 3. The van der Waals surface area contributed by atoms with Crippen LogP contribution in [0.2, 0.25) is 0 Å². The molecule has 6 nitrogen and oxygen atoms in total. The molecule has 1 amide bonds. The van der Waals surface area contributed by atoms with Crippen molar-refractivity contribution in [3.63, 3.8) is 0 Å². The van der Waals surface area contributed by atoms with E-state index >= 15 is 0 Å². The highest BCUT2D eigenvalue weighted by molar-refractivity contribution is 6.04. The maximum Gasteiger partial charge on any atom is 0.336 e. The molecule has 6 heteroatoms. The average Bonchev–Trinajstić information content (AvgIpc) is 3.18. The van der Waals surface area contributed by atoms with E-state index in [2.05, 4.69) is 15.4 Å². The lowest BCUT2D eigenvalue weighted by atomic mass is 10.1. The lowest BCUT2D eigenvalue weighted by Crippen LogP contribution is -2.12. The summed E-state index contributed by atoms with van der Waals surface area (Å²) >= 11 is 0. The van der Waals surface area contributed by atoms with Crippen LogP contribution in [0.15, 0.2) is 72.8 Å². The van der Waals surface area contributed by atoms with E-state index < -0.39 is 0 Å². The molecule has 3 aromatic carbocycles. The minimum Gasteiger partial charge on any atom is -0.460 e. The molecule has 0 spiro atoms. The molecule has 1 aromatic heterocycles. The Morgan fingerprint density at radius 2 is 1.59 bits per heavy atom. The predicted molar refractivity (Wildman–Crippen MR) is 126 cm³/mol. The quantitative estimate of drug-likeness (QED) is 0.436. The Kier molecular flexibility index (Phi) is 6.03. The van der Waals surface area contributed by atoms with Crippen LogP contribution < -0.4 is 10.1 Å². The maximum absolute atomic E-state index is 12.7. The topological polar surface area (TPSA) is 69.0 Å². The number of aryl methyl sites for hydroxylation is 2. The van der Waals surface area contributed by atoms with Gasteiger partial charge >= 0.3 is 6.01 Å². The van der Waals surface area contributed by atoms with Gasteiger partial charge in [-0.25, -0.2) is 4.68 Å². The third-order valence-electron chi connectivity index (χ3n) is 4.90. The summed E-state index contributed by atoms with van der Waals surface area (Å²) in [6, 6.07) is 23.4. The number of amides is 1. The second-order valence-electron chi connectivity index (χ2n) is 8.03. The second-order valence-corrected chi connectivity index (χ2v) is 8.03. The van der Waals surface area contributed by atoms with Crippen molar-refractivity contribution in [3.8, 4) is 23.1 Å². The molecule has 0 fully saturated rings.